The predicted octanol–water partition coefficient (Wildman–Crippen LogP) is 5.90. The summed E-state index contributed by atoms with van der Waals surface area (Å²) in [6, 6.07) is 19.7. The number of nitrogens with one attached hydrogen (secondary N) is 1. The highest BCUT2D eigenvalue weighted by Crippen LogP contribution is 2.25. The lowest BCUT2D eigenvalue weighted by Gasteiger charge is -2.22. The lowest BCUT2D eigenvalue weighted by atomic mass is 9.93. The zero-order chi connectivity index (χ0) is 26.4. The van der Waals surface area contributed by atoms with E-state index >= 15 is 0 Å². The lowest BCUT2D eigenvalue weighted by Crippen LogP contribution is -2.40. The van der Waals surface area contributed by atoms with Crippen LogP contribution < -0.4 is 10.1 Å². The SMILES string of the molecule is Cc1oc(-c2ccccc2)nc1CCOc1ccc(C(C)C(NCc2cccc(F)c2F)C(=O)O)cc1. The van der Waals surface area contributed by atoms with Gasteiger partial charge in [0.1, 0.15) is 17.6 Å². The van der Waals surface area contributed by atoms with E-state index in [1.165, 1.54) is 12.1 Å². The van der Waals surface area contributed by atoms with Crippen molar-refractivity contribution in [1.82, 2.24) is 10.3 Å². The third-order valence-corrected chi connectivity index (χ3v) is 6.24. The molecule has 2 atom stereocenters. The Morgan fingerprint density at radius 2 is 1.78 bits per heavy atom. The highest BCUT2D eigenvalue weighted by molar-refractivity contribution is 5.75. The number of benzene rings is 3. The van der Waals surface area contributed by atoms with Crippen LogP contribution in [0.1, 0.15) is 35.4 Å². The number of carbonyl (C=O) groups is 1. The van der Waals surface area contributed by atoms with E-state index in [0.29, 0.717) is 24.7 Å². The number of aliphatic carboxylic acids is 1. The van der Waals surface area contributed by atoms with E-state index in [1.807, 2.05) is 37.3 Å². The van der Waals surface area contributed by atoms with Gasteiger partial charge in [-0.15, -0.1) is 0 Å². The molecule has 0 fully saturated rings. The third-order valence-electron chi connectivity index (χ3n) is 6.24. The van der Waals surface area contributed by atoms with Crippen molar-refractivity contribution in [2.45, 2.75) is 38.8 Å². The van der Waals surface area contributed by atoms with E-state index in [9.17, 15) is 18.7 Å². The van der Waals surface area contributed by atoms with E-state index in [0.717, 1.165) is 28.6 Å². The van der Waals surface area contributed by atoms with Gasteiger partial charge in [-0.3, -0.25) is 10.1 Å². The molecule has 4 rings (SSSR count). The molecule has 0 aliphatic rings. The number of aryl methyl sites for hydroxylation is 1. The number of ether oxygens (including phenoxy) is 1. The summed E-state index contributed by atoms with van der Waals surface area (Å²) in [6.45, 7) is 3.93. The Bertz CT molecular complexity index is 1340. The van der Waals surface area contributed by atoms with Crippen molar-refractivity contribution >= 4 is 5.97 Å². The Labute approximate surface area is 213 Å². The summed E-state index contributed by atoms with van der Waals surface area (Å²) in [5.74, 6) is -1.50. The molecule has 0 bridgehead atoms. The van der Waals surface area contributed by atoms with Gasteiger partial charge in [-0.1, -0.05) is 49.4 Å². The molecule has 0 aliphatic carbocycles. The summed E-state index contributed by atoms with van der Waals surface area (Å²) in [7, 11) is 0. The van der Waals surface area contributed by atoms with E-state index in [2.05, 4.69) is 10.3 Å². The van der Waals surface area contributed by atoms with Crippen LogP contribution in [0.2, 0.25) is 0 Å². The molecule has 37 heavy (non-hydrogen) atoms. The first-order chi connectivity index (χ1) is 17.8. The van der Waals surface area contributed by atoms with Gasteiger partial charge in [0, 0.05) is 30.0 Å². The van der Waals surface area contributed by atoms with Gasteiger partial charge in [0.05, 0.1) is 12.3 Å². The highest BCUT2D eigenvalue weighted by atomic mass is 19.2. The van der Waals surface area contributed by atoms with E-state index < -0.39 is 29.6 Å². The van der Waals surface area contributed by atoms with Gasteiger partial charge >= 0.3 is 5.97 Å². The molecule has 8 heteroatoms. The van der Waals surface area contributed by atoms with Crippen molar-refractivity contribution < 1.29 is 27.8 Å². The first kappa shape index (κ1) is 26.0. The van der Waals surface area contributed by atoms with Crippen molar-refractivity contribution in [2.75, 3.05) is 6.61 Å². The molecule has 0 spiro atoms. The van der Waals surface area contributed by atoms with Crippen molar-refractivity contribution in [3.05, 3.63) is 107 Å². The highest BCUT2D eigenvalue weighted by Gasteiger charge is 2.26. The maximum Gasteiger partial charge on any atom is 0.321 e. The lowest BCUT2D eigenvalue weighted by molar-refractivity contribution is -0.140. The van der Waals surface area contributed by atoms with Crippen LogP contribution in [0.15, 0.2) is 77.2 Å². The largest absolute Gasteiger partial charge is 0.493 e. The first-order valence-corrected chi connectivity index (χ1v) is 12.0. The Balaban J connectivity index is 1.33. The Morgan fingerprint density at radius 1 is 1.05 bits per heavy atom. The van der Waals surface area contributed by atoms with Gasteiger partial charge in [0.15, 0.2) is 11.6 Å². The van der Waals surface area contributed by atoms with Crippen molar-refractivity contribution in [1.29, 1.82) is 0 Å². The van der Waals surface area contributed by atoms with Crippen molar-refractivity contribution in [3.8, 4) is 17.2 Å². The summed E-state index contributed by atoms with van der Waals surface area (Å²) in [6.07, 6.45) is 0.571. The number of carboxylic acid groups (broad SMARTS) is 1. The fraction of sp³-hybridized carbons (Fsp3) is 0.241. The predicted molar refractivity (Wildman–Crippen MR) is 135 cm³/mol. The molecule has 3 aromatic carbocycles. The molecule has 2 unspecified atom stereocenters. The van der Waals surface area contributed by atoms with Gasteiger partial charge in [-0.05, 0) is 42.8 Å². The Hall–Kier alpha value is -4.04. The zero-order valence-corrected chi connectivity index (χ0v) is 20.6. The molecule has 1 heterocycles. The number of halogens is 2. The molecule has 0 amide bonds. The summed E-state index contributed by atoms with van der Waals surface area (Å²) >= 11 is 0. The molecule has 192 valence electrons. The smallest absolute Gasteiger partial charge is 0.321 e. The van der Waals surface area contributed by atoms with Crippen molar-refractivity contribution in [3.63, 3.8) is 0 Å². The minimum absolute atomic E-state index is 0.0698. The number of carboxylic acids is 1. The molecule has 4 aromatic rings. The van der Waals surface area contributed by atoms with Crippen LogP contribution in [-0.4, -0.2) is 28.7 Å². The number of hydrogen-bond donors (Lipinski definition) is 2. The summed E-state index contributed by atoms with van der Waals surface area (Å²) in [5.41, 5.74) is 2.58. The number of oxazole rings is 1. The van der Waals surface area contributed by atoms with E-state index in [-0.39, 0.29) is 12.1 Å². The van der Waals surface area contributed by atoms with E-state index in [4.69, 9.17) is 9.15 Å². The van der Waals surface area contributed by atoms with Crippen LogP contribution >= 0.6 is 0 Å². The van der Waals surface area contributed by atoms with Gasteiger partial charge in [0.25, 0.3) is 0 Å². The minimum Gasteiger partial charge on any atom is -0.493 e. The second-order valence-electron chi connectivity index (χ2n) is 8.75. The summed E-state index contributed by atoms with van der Waals surface area (Å²) in [5, 5.41) is 12.5. The maximum atomic E-state index is 13.9. The fourth-order valence-electron chi connectivity index (χ4n) is 4.07. The number of aromatic nitrogens is 1. The Morgan fingerprint density at radius 3 is 2.49 bits per heavy atom. The fourth-order valence-corrected chi connectivity index (χ4v) is 4.07. The number of hydrogen-bond acceptors (Lipinski definition) is 5. The average molecular weight is 507 g/mol. The van der Waals surface area contributed by atoms with Crippen LogP contribution in [0.5, 0.6) is 5.75 Å². The topological polar surface area (TPSA) is 84.6 Å². The number of nitrogens with zero attached hydrogens (tertiary/aromatic N) is 1. The van der Waals surface area contributed by atoms with Crippen LogP contribution in [0.3, 0.4) is 0 Å². The van der Waals surface area contributed by atoms with Crippen LogP contribution in [0.25, 0.3) is 11.5 Å². The van der Waals surface area contributed by atoms with Gasteiger partial charge in [0.2, 0.25) is 5.89 Å². The second-order valence-corrected chi connectivity index (χ2v) is 8.75. The van der Waals surface area contributed by atoms with Crippen LogP contribution in [0, 0.1) is 18.6 Å². The maximum absolute atomic E-state index is 13.9. The minimum atomic E-state index is -1.08. The molecule has 2 N–H and O–H groups in total. The van der Waals surface area contributed by atoms with E-state index in [1.54, 1.807) is 31.2 Å². The monoisotopic (exact) mass is 506 g/mol. The van der Waals surface area contributed by atoms with Crippen molar-refractivity contribution in [2.24, 2.45) is 0 Å². The second kappa shape index (κ2) is 11.8. The molecular weight excluding hydrogens is 478 g/mol. The first-order valence-electron chi connectivity index (χ1n) is 12.0. The molecule has 0 saturated carbocycles. The molecule has 1 aromatic heterocycles. The molecular formula is C29H28F2N2O4. The average Bonchev–Trinajstić information content (AvgIpc) is 3.27. The molecule has 0 aliphatic heterocycles. The van der Waals surface area contributed by atoms with Gasteiger partial charge < -0.3 is 14.3 Å². The normalized spacial score (nSPS) is 12.8. The molecule has 6 nitrogen and oxygen atoms in total. The standard InChI is InChI=1S/C29H28F2N2O4/c1-18(27(29(34)35)32-17-22-9-6-10-24(30)26(22)31)20-11-13-23(14-12-20)36-16-15-25-19(2)37-28(33-25)21-7-4-3-5-8-21/h3-14,18,27,32H,15-17H2,1-2H3,(H,34,35). The third kappa shape index (κ3) is 6.40. The summed E-state index contributed by atoms with van der Waals surface area (Å²) < 4.78 is 39.1. The molecule has 0 radical (unpaired) electrons. The van der Waals surface area contributed by atoms with Gasteiger partial charge in [-0.25, -0.2) is 13.8 Å². The Kier molecular flexibility index (Phi) is 8.30. The molecule has 0 saturated heterocycles. The van der Waals surface area contributed by atoms with Crippen LogP contribution in [0.4, 0.5) is 8.78 Å². The zero-order valence-electron chi connectivity index (χ0n) is 20.6. The van der Waals surface area contributed by atoms with Gasteiger partial charge in [-0.2, -0.15) is 0 Å². The summed E-state index contributed by atoms with van der Waals surface area (Å²) in [4.78, 5) is 16.5. The number of rotatable bonds is 11. The quantitative estimate of drug-likeness (QED) is 0.264. The van der Waals surface area contributed by atoms with Crippen LogP contribution in [-0.2, 0) is 17.8 Å².